The molecule has 0 spiro atoms. The fraction of sp³-hybridized carbons (Fsp3) is 0.333. The fourth-order valence-electron chi connectivity index (χ4n) is 1.88. The summed E-state index contributed by atoms with van der Waals surface area (Å²) in [6.07, 6.45) is 0.238. The Kier molecular flexibility index (Phi) is 2.73. The van der Waals surface area contributed by atoms with E-state index in [1.54, 1.807) is 32.0 Å². The molecule has 1 saturated heterocycles. The monoisotopic (exact) mass is 296 g/mol. The molecule has 2 N–H and O–H groups in total. The van der Waals surface area contributed by atoms with Gasteiger partial charge in [0.25, 0.3) is 0 Å². The zero-order valence-electron chi connectivity index (χ0n) is 9.66. The molecule has 17 heavy (non-hydrogen) atoms. The molecule has 0 saturated carbocycles. The van der Waals surface area contributed by atoms with E-state index in [4.69, 9.17) is 5.73 Å². The molecule has 0 bridgehead atoms. The highest BCUT2D eigenvalue weighted by molar-refractivity contribution is 9.10. The second-order valence-corrected chi connectivity index (χ2v) is 5.66. The maximum atomic E-state index is 12.1. The number of nitrogens with zero attached hydrogens (tertiary/aromatic N) is 1. The van der Waals surface area contributed by atoms with Gasteiger partial charge in [-0.1, -0.05) is 13.8 Å². The third kappa shape index (κ3) is 1.95. The van der Waals surface area contributed by atoms with Gasteiger partial charge < -0.3 is 5.73 Å². The van der Waals surface area contributed by atoms with Crippen LogP contribution in [-0.2, 0) is 9.59 Å². The van der Waals surface area contributed by atoms with Crippen LogP contribution in [0.5, 0.6) is 0 Å². The lowest BCUT2D eigenvalue weighted by atomic mass is 9.92. The van der Waals surface area contributed by atoms with Crippen LogP contribution in [-0.4, -0.2) is 11.8 Å². The average Bonchev–Trinajstić information content (AvgIpc) is 2.42. The Morgan fingerprint density at radius 2 is 2.00 bits per heavy atom. The van der Waals surface area contributed by atoms with E-state index >= 15 is 0 Å². The van der Waals surface area contributed by atoms with Crippen molar-refractivity contribution in [1.82, 2.24) is 0 Å². The van der Waals surface area contributed by atoms with E-state index < -0.39 is 5.41 Å². The Morgan fingerprint density at radius 1 is 1.35 bits per heavy atom. The number of anilines is 2. The molecule has 1 aromatic carbocycles. The van der Waals surface area contributed by atoms with E-state index in [1.165, 1.54) is 4.90 Å². The molecule has 0 radical (unpaired) electrons. The number of hydrogen-bond donors (Lipinski definition) is 1. The Balaban J connectivity index is 2.44. The first-order valence-corrected chi connectivity index (χ1v) is 6.04. The van der Waals surface area contributed by atoms with Gasteiger partial charge in [-0.15, -0.1) is 0 Å². The number of halogens is 1. The normalized spacial score (nSPS) is 18.9. The van der Waals surface area contributed by atoms with Gasteiger partial charge in [-0.05, 0) is 34.1 Å². The molecule has 4 nitrogen and oxygen atoms in total. The van der Waals surface area contributed by atoms with Crippen LogP contribution >= 0.6 is 15.9 Å². The first-order chi connectivity index (χ1) is 7.83. The van der Waals surface area contributed by atoms with E-state index in [2.05, 4.69) is 15.9 Å². The van der Waals surface area contributed by atoms with Gasteiger partial charge in [-0.2, -0.15) is 0 Å². The Morgan fingerprint density at radius 3 is 2.47 bits per heavy atom. The first kappa shape index (κ1) is 12.1. The molecule has 90 valence electrons. The zero-order valence-corrected chi connectivity index (χ0v) is 11.2. The van der Waals surface area contributed by atoms with Crippen molar-refractivity contribution >= 4 is 39.1 Å². The number of rotatable bonds is 1. The topological polar surface area (TPSA) is 63.4 Å². The fourth-order valence-corrected chi connectivity index (χ4v) is 2.13. The molecule has 2 amide bonds. The van der Waals surface area contributed by atoms with Gasteiger partial charge in [0.1, 0.15) is 0 Å². The highest BCUT2D eigenvalue weighted by atomic mass is 79.9. The van der Waals surface area contributed by atoms with Gasteiger partial charge in [0, 0.05) is 16.6 Å². The summed E-state index contributed by atoms with van der Waals surface area (Å²) >= 11 is 3.28. The number of amides is 2. The number of hydrogen-bond acceptors (Lipinski definition) is 3. The van der Waals surface area contributed by atoms with E-state index in [1.807, 2.05) is 0 Å². The van der Waals surface area contributed by atoms with Gasteiger partial charge in [-0.25, -0.2) is 4.90 Å². The summed E-state index contributed by atoms with van der Waals surface area (Å²) in [7, 11) is 0. The van der Waals surface area contributed by atoms with Crippen molar-refractivity contribution in [2.75, 3.05) is 10.6 Å². The summed E-state index contributed by atoms with van der Waals surface area (Å²) in [5.74, 6) is -0.356. The van der Waals surface area contributed by atoms with Crippen LogP contribution in [0, 0.1) is 5.41 Å². The molecule has 1 fully saturated rings. The highest BCUT2D eigenvalue weighted by Gasteiger charge is 2.45. The van der Waals surface area contributed by atoms with Crippen molar-refractivity contribution in [1.29, 1.82) is 0 Å². The molecule has 0 unspecified atom stereocenters. The summed E-state index contributed by atoms with van der Waals surface area (Å²) in [5.41, 5.74) is 6.17. The minimum atomic E-state index is -0.626. The van der Waals surface area contributed by atoms with Crippen LogP contribution in [0.15, 0.2) is 22.7 Å². The second-order valence-electron chi connectivity index (χ2n) is 4.80. The lowest BCUT2D eigenvalue weighted by Crippen LogP contribution is -2.32. The minimum absolute atomic E-state index is 0.177. The maximum Gasteiger partial charge on any atom is 0.239 e. The van der Waals surface area contributed by atoms with Crippen molar-refractivity contribution in [3.8, 4) is 0 Å². The number of carbonyl (C=O) groups excluding carboxylic acids is 2. The van der Waals surface area contributed by atoms with Crippen molar-refractivity contribution in [3.05, 3.63) is 22.7 Å². The summed E-state index contributed by atoms with van der Waals surface area (Å²) in [5, 5.41) is 0. The summed E-state index contributed by atoms with van der Waals surface area (Å²) in [6, 6.07) is 5.06. The third-order valence-electron chi connectivity index (χ3n) is 2.86. The van der Waals surface area contributed by atoms with Crippen LogP contribution in [0.2, 0.25) is 0 Å². The molecular weight excluding hydrogens is 284 g/mol. The molecule has 0 aromatic heterocycles. The molecule has 1 aromatic rings. The molecule has 2 rings (SSSR count). The van der Waals surface area contributed by atoms with E-state index in [0.29, 0.717) is 11.4 Å². The number of carbonyl (C=O) groups is 2. The highest BCUT2D eigenvalue weighted by Crippen LogP contribution is 2.36. The van der Waals surface area contributed by atoms with Crippen molar-refractivity contribution in [3.63, 3.8) is 0 Å². The smallest absolute Gasteiger partial charge is 0.239 e. The van der Waals surface area contributed by atoms with Crippen molar-refractivity contribution < 1.29 is 9.59 Å². The van der Waals surface area contributed by atoms with E-state index in [-0.39, 0.29) is 18.2 Å². The second kappa shape index (κ2) is 3.84. The van der Waals surface area contributed by atoms with Crippen molar-refractivity contribution in [2.45, 2.75) is 20.3 Å². The lowest BCUT2D eigenvalue weighted by Gasteiger charge is -2.18. The molecule has 1 aliphatic rings. The van der Waals surface area contributed by atoms with Gasteiger partial charge in [-0.3, -0.25) is 9.59 Å². The van der Waals surface area contributed by atoms with Gasteiger partial charge in [0.2, 0.25) is 11.8 Å². The molecular formula is C12H13BrN2O2. The van der Waals surface area contributed by atoms with Crippen LogP contribution in [0.25, 0.3) is 0 Å². The minimum Gasteiger partial charge on any atom is -0.398 e. The van der Waals surface area contributed by atoms with Crippen molar-refractivity contribution in [2.24, 2.45) is 5.41 Å². The molecule has 1 aliphatic heterocycles. The number of benzene rings is 1. The third-order valence-corrected chi connectivity index (χ3v) is 3.58. The predicted octanol–water partition coefficient (Wildman–Crippen LogP) is 2.32. The van der Waals surface area contributed by atoms with Gasteiger partial charge in [0.15, 0.2) is 0 Å². The molecule has 5 heteroatoms. The number of imide groups is 1. The zero-order chi connectivity index (χ0) is 12.8. The molecule has 1 heterocycles. The predicted molar refractivity (Wildman–Crippen MR) is 69.4 cm³/mol. The van der Waals surface area contributed by atoms with Crippen LogP contribution in [0.3, 0.4) is 0 Å². The van der Waals surface area contributed by atoms with E-state index in [9.17, 15) is 9.59 Å². The molecule has 0 aliphatic carbocycles. The van der Waals surface area contributed by atoms with Gasteiger partial charge in [0.05, 0.1) is 11.1 Å². The largest absolute Gasteiger partial charge is 0.398 e. The first-order valence-electron chi connectivity index (χ1n) is 5.25. The Labute approximate surface area is 108 Å². The number of nitrogens with two attached hydrogens (primary N) is 1. The van der Waals surface area contributed by atoms with Crippen LogP contribution in [0.1, 0.15) is 20.3 Å². The van der Waals surface area contributed by atoms with Gasteiger partial charge >= 0.3 is 0 Å². The summed E-state index contributed by atoms with van der Waals surface area (Å²) < 4.78 is 0.750. The summed E-state index contributed by atoms with van der Waals surface area (Å²) in [6.45, 7) is 3.55. The van der Waals surface area contributed by atoms with E-state index in [0.717, 1.165) is 4.47 Å². The lowest BCUT2D eigenvalue weighted by molar-refractivity contribution is -0.124. The number of nitrogen functional groups attached to an aromatic ring is 1. The Hall–Kier alpha value is -1.36. The Bertz CT molecular complexity index is 511. The standard InChI is InChI=1S/C12H13BrN2O2/c1-12(2)6-10(16)15(11(12)17)7-3-4-8(13)9(14)5-7/h3-5H,6,14H2,1-2H3. The maximum absolute atomic E-state index is 12.1. The van der Waals surface area contributed by atoms with Crippen LogP contribution in [0.4, 0.5) is 11.4 Å². The van der Waals surface area contributed by atoms with Crippen LogP contribution < -0.4 is 10.6 Å². The SMILES string of the molecule is CC1(C)CC(=O)N(c2ccc(Br)c(N)c2)C1=O. The molecule has 0 atom stereocenters. The quantitative estimate of drug-likeness (QED) is 0.639. The summed E-state index contributed by atoms with van der Waals surface area (Å²) in [4.78, 5) is 25.1. The average molecular weight is 297 g/mol.